The van der Waals surface area contributed by atoms with Crippen molar-refractivity contribution in [2.45, 2.75) is 83.9 Å². The Morgan fingerprint density at radius 2 is 1.68 bits per heavy atom. The summed E-state index contributed by atoms with van der Waals surface area (Å²) in [5.74, 6) is -2.20. The number of benzene rings is 2. The van der Waals surface area contributed by atoms with E-state index in [1.807, 2.05) is 30.3 Å². The number of aromatic carboxylic acids is 1. The molecule has 12 nitrogen and oxygen atoms in total. The number of alkyl carbamates (subject to hydrolysis) is 1. The molecule has 0 bridgehead atoms. The SMILES string of the molecule is CN1N=C2CCN(C(=O)[C@@H](CCCc3ccccc3C(=O)O)NC(=O)C(C)(C)NC(=O)OC(C)(C)C)C[C@@]2(Cc2ccccc2)C1=O. The number of nitrogens with zero attached hydrogens (tertiary/aromatic N) is 3. The first-order valence-corrected chi connectivity index (χ1v) is 15.8. The summed E-state index contributed by atoms with van der Waals surface area (Å²) >= 11 is 0. The van der Waals surface area contributed by atoms with Gasteiger partial charge in [-0.15, -0.1) is 0 Å². The minimum atomic E-state index is -1.43. The van der Waals surface area contributed by atoms with Crippen LogP contribution in [0.15, 0.2) is 59.7 Å². The molecule has 4 rings (SSSR count). The molecule has 4 amide bonds. The van der Waals surface area contributed by atoms with Crippen LogP contribution in [0.2, 0.25) is 0 Å². The molecule has 47 heavy (non-hydrogen) atoms. The first kappa shape index (κ1) is 35.1. The number of ether oxygens (including phenoxy) is 1. The molecular weight excluding hydrogens is 602 g/mol. The summed E-state index contributed by atoms with van der Waals surface area (Å²) < 4.78 is 5.33. The van der Waals surface area contributed by atoms with E-state index in [0.29, 0.717) is 37.8 Å². The number of hydrazone groups is 1. The predicted octanol–water partition coefficient (Wildman–Crippen LogP) is 3.79. The van der Waals surface area contributed by atoms with Gasteiger partial charge in [0.2, 0.25) is 11.8 Å². The number of amides is 4. The molecule has 1 saturated heterocycles. The fourth-order valence-corrected chi connectivity index (χ4v) is 6.09. The number of carboxylic acid groups (broad SMARTS) is 1. The van der Waals surface area contributed by atoms with E-state index in [0.717, 1.165) is 11.3 Å². The average molecular weight is 648 g/mol. The Morgan fingerprint density at radius 3 is 2.34 bits per heavy atom. The third-order valence-electron chi connectivity index (χ3n) is 8.44. The molecule has 252 valence electrons. The number of hydrogen-bond acceptors (Lipinski definition) is 7. The quantitative estimate of drug-likeness (QED) is 0.335. The van der Waals surface area contributed by atoms with E-state index in [1.54, 1.807) is 50.9 Å². The molecule has 2 heterocycles. The molecule has 0 aliphatic carbocycles. The summed E-state index contributed by atoms with van der Waals surface area (Å²) in [6.45, 7) is 8.57. The zero-order valence-corrected chi connectivity index (χ0v) is 28.0. The summed E-state index contributed by atoms with van der Waals surface area (Å²) in [5.41, 5.74) is -0.782. The lowest BCUT2D eigenvalue weighted by atomic mass is 9.73. The van der Waals surface area contributed by atoms with Gasteiger partial charge in [-0.2, -0.15) is 5.10 Å². The number of piperidine rings is 1. The van der Waals surface area contributed by atoms with E-state index in [2.05, 4.69) is 15.7 Å². The number of carbonyl (C=O) groups is 5. The maximum Gasteiger partial charge on any atom is 0.408 e. The van der Waals surface area contributed by atoms with Crippen LogP contribution in [0.1, 0.15) is 75.4 Å². The number of likely N-dealkylation sites (tertiary alicyclic amines) is 1. The Bertz CT molecular complexity index is 1550. The van der Waals surface area contributed by atoms with Crippen molar-refractivity contribution in [3.63, 3.8) is 0 Å². The zero-order valence-electron chi connectivity index (χ0n) is 28.0. The average Bonchev–Trinajstić information content (AvgIpc) is 3.23. The normalized spacial score (nSPS) is 18.6. The van der Waals surface area contributed by atoms with Crippen LogP contribution < -0.4 is 10.6 Å². The van der Waals surface area contributed by atoms with E-state index in [-0.39, 0.29) is 30.3 Å². The second-order valence-electron chi connectivity index (χ2n) is 13.8. The molecule has 2 aromatic rings. The number of nitrogens with one attached hydrogen (secondary N) is 2. The molecule has 0 unspecified atom stereocenters. The molecule has 0 radical (unpaired) electrons. The fourth-order valence-electron chi connectivity index (χ4n) is 6.09. The summed E-state index contributed by atoms with van der Waals surface area (Å²) in [7, 11) is 1.62. The molecule has 3 N–H and O–H groups in total. The van der Waals surface area contributed by atoms with Gasteiger partial charge in [0, 0.05) is 26.6 Å². The minimum Gasteiger partial charge on any atom is -0.478 e. The molecule has 2 aliphatic rings. The van der Waals surface area contributed by atoms with Gasteiger partial charge in [0.25, 0.3) is 5.91 Å². The van der Waals surface area contributed by atoms with Crippen molar-refractivity contribution in [2.24, 2.45) is 10.5 Å². The van der Waals surface area contributed by atoms with Crippen LogP contribution in [0.4, 0.5) is 4.79 Å². The first-order chi connectivity index (χ1) is 22.0. The summed E-state index contributed by atoms with van der Waals surface area (Å²) in [5, 5.41) is 20.9. The largest absolute Gasteiger partial charge is 0.478 e. The highest BCUT2D eigenvalue weighted by molar-refractivity contribution is 6.13. The van der Waals surface area contributed by atoms with Crippen molar-refractivity contribution in [1.29, 1.82) is 0 Å². The van der Waals surface area contributed by atoms with Gasteiger partial charge in [-0.25, -0.2) is 14.6 Å². The highest BCUT2D eigenvalue weighted by atomic mass is 16.6. The van der Waals surface area contributed by atoms with E-state index < -0.39 is 40.6 Å². The highest BCUT2D eigenvalue weighted by Crippen LogP contribution is 2.38. The van der Waals surface area contributed by atoms with Crippen LogP contribution in [-0.4, -0.2) is 87.8 Å². The number of hydrogen-bond donors (Lipinski definition) is 3. The van der Waals surface area contributed by atoms with Crippen molar-refractivity contribution in [3.05, 3.63) is 71.3 Å². The Kier molecular flexibility index (Phi) is 10.4. The summed E-state index contributed by atoms with van der Waals surface area (Å²) in [6.07, 6.45) is 0.929. The van der Waals surface area contributed by atoms with Crippen LogP contribution in [0, 0.1) is 5.41 Å². The Balaban J connectivity index is 1.57. The Hall–Kier alpha value is -4.74. The van der Waals surface area contributed by atoms with Crippen LogP contribution in [0.5, 0.6) is 0 Å². The Labute approximate surface area is 275 Å². The van der Waals surface area contributed by atoms with Crippen molar-refractivity contribution in [1.82, 2.24) is 20.5 Å². The molecule has 0 aromatic heterocycles. The number of rotatable bonds is 11. The van der Waals surface area contributed by atoms with Gasteiger partial charge in [0.05, 0.1) is 11.3 Å². The van der Waals surface area contributed by atoms with Crippen molar-refractivity contribution in [2.75, 3.05) is 20.1 Å². The smallest absolute Gasteiger partial charge is 0.408 e. The highest BCUT2D eigenvalue weighted by Gasteiger charge is 2.54. The van der Waals surface area contributed by atoms with Gasteiger partial charge in [-0.3, -0.25) is 14.4 Å². The summed E-state index contributed by atoms with van der Waals surface area (Å²) in [4.78, 5) is 67.5. The van der Waals surface area contributed by atoms with Gasteiger partial charge in [-0.05, 0) is 77.5 Å². The lowest BCUT2D eigenvalue weighted by molar-refractivity contribution is -0.142. The van der Waals surface area contributed by atoms with E-state index in [4.69, 9.17) is 4.74 Å². The van der Waals surface area contributed by atoms with Crippen LogP contribution in [-0.2, 0) is 32.0 Å². The molecule has 1 fully saturated rings. The fraction of sp³-hybridized carbons (Fsp3) is 0.486. The molecular formula is C35H45N5O7. The third-order valence-corrected chi connectivity index (χ3v) is 8.44. The summed E-state index contributed by atoms with van der Waals surface area (Å²) in [6, 6.07) is 15.2. The first-order valence-electron chi connectivity index (χ1n) is 15.8. The molecule has 12 heteroatoms. The zero-order chi connectivity index (χ0) is 34.6. The van der Waals surface area contributed by atoms with Gasteiger partial charge in [0.1, 0.15) is 22.6 Å². The standard InChI is InChI=1S/C35H45N5O7/c1-33(2,3)47-32(46)37-34(4,5)30(44)36-26(18-12-16-24-15-10-11-17-25(24)29(42)43)28(41)40-20-19-27-35(22-40,31(45)39(6)38-27)21-23-13-8-7-9-14-23/h7-11,13-15,17,26H,12,16,18-22H2,1-6H3,(H,36,44)(H,37,46)(H,42,43)/t26-,35-/m1/s1. The second-order valence-corrected chi connectivity index (χ2v) is 13.8. The van der Waals surface area contributed by atoms with Gasteiger partial charge in [-0.1, -0.05) is 48.5 Å². The molecule has 0 spiro atoms. The van der Waals surface area contributed by atoms with Crippen molar-refractivity contribution in [3.8, 4) is 0 Å². The third kappa shape index (κ3) is 8.35. The van der Waals surface area contributed by atoms with E-state index >= 15 is 0 Å². The van der Waals surface area contributed by atoms with Gasteiger partial charge >= 0.3 is 12.1 Å². The van der Waals surface area contributed by atoms with Gasteiger partial charge in [0.15, 0.2) is 0 Å². The molecule has 2 atom stereocenters. The minimum absolute atomic E-state index is 0.0938. The monoisotopic (exact) mass is 647 g/mol. The molecule has 2 aromatic carbocycles. The van der Waals surface area contributed by atoms with Crippen LogP contribution >= 0.6 is 0 Å². The Morgan fingerprint density at radius 1 is 1.02 bits per heavy atom. The predicted molar refractivity (Wildman–Crippen MR) is 176 cm³/mol. The van der Waals surface area contributed by atoms with Crippen molar-refractivity contribution < 1.29 is 33.8 Å². The van der Waals surface area contributed by atoms with Gasteiger partial charge < -0.3 is 25.4 Å². The number of carboxylic acids is 1. The number of fused-ring (bicyclic) bond motifs is 1. The van der Waals surface area contributed by atoms with Crippen LogP contribution in [0.25, 0.3) is 0 Å². The van der Waals surface area contributed by atoms with Crippen molar-refractivity contribution >= 4 is 35.5 Å². The van der Waals surface area contributed by atoms with E-state index in [1.165, 1.54) is 24.9 Å². The van der Waals surface area contributed by atoms with E-state index in [9.17, 15) is 29.1 Å². The molecule has 0 saturated carbocycles. The molecule has 2 aliphatic heterocycles. The maximum absolute atomic E-state index is 14.3. The number of carbonyl (C=O) groups excluding carboxylic acids is 4. The number of aryl methyl sites for hydroxylation is 1. The lowest BCUT2D eigenvalue weighted by Crippen LogP contribution is -2.62. The van der Waals surface area contributed by atoms with Crippen LogP contribution in [0.3, 0.4) is 0 Å². The second kappa shape index (κ2) is 13.9. The topological polar surface area (TPSA) is 158 Å². The lowest BCUT2D eigenvalue weighted by Gasteiger charge is -2.41. The maximum atomic E-state index is 14.3.